The molecular weight excluding hydrogens is 174 g/mol. The maximum Gasteiger partial charge on any atom is 0.0575 e. The fourth-order valence-electron chi connectivity index (χ4n) is 0.984. The van der Waals surface area contributed by atoms with Crippen LogP contribution in [0.3, 0.4) is 0 Å². The molecule has 0 aliphatic carbocycles. The van der Waals surface area contributed by atoms with Crippen molar-refractivity contribution in [2.24, 2.45) is 5.92 Å². The van der Waals surface area contributed by atoms with Crippen molar-refractivity contribution in [1.82, 2.24) is 4.90 Å². The largest absolute Gasteiger partial charge is 0.380 e. The molecule has 2 nitrogen and oxygen atoms in total. The van der Waals surface area contributed by atoms with Crippen LogP contribution in [0.15, 0.2) is 0 Å². The van der Waals surface area contributed by atoms with Crippen molar-refractivity contribution in [3.05, 3.63) is 0 Å². The van der Waals surface area contributed by atoms with Gasteiger partial charge >= 0.3 is 0 Å². The molecule has 14 heavy (non-hydrogen) atoms. The van der Waals surface area contributed by atoms with Gasteiger partial charge in [0.2, 0.25) is 0 Å². The van der Waals surface area contributed by atoms with Crippen molar-refractivity contribution in [2.75, 3.05) is 33.9 Å². The van der Waals surface area contributed by atoms with Gasteiger partial charge in [-0.3, -0.25) is 0 Å². The first-order valence-corrected chi connectivity index (χ1v) is 5.33. The summed E-state index contributed by atoms with van der Waals surface area (Å²) in [6, 6.07) is 0. The first kappa shape index (κ1) is 13.5. The lowest BCUT2D eigenvalue weighted by Gasteiger charge is -2.08. The summed E-state index contributed by atoms with van der Waals surface area (Å²) in [6.45, 7) is 6.92. The Bertz CT molecular complexity index is 176. The molecule has 0 aromatic rings. The van der Waals surface area contributed by atoms with E-state index in [1.54, 1.807) is 0 Å². The lowest BCUT2D eigenvalue weighted by atomic mass is 10.2. The second kappa shape index (κ2) is 9.05. The van der Waals surface area contributed by atoms with Crippen molar-refractivity contribution < 1.29 is 4.74 Å². The van der Waals surface area contributed by atoms with E-state index in [0.29, 0.717) is 5.92 Å². The summed E-state index contributed by atoms with van der Waals surface area (Å²) in [5, 5.41) is 0. The van der Waals surface area contributed by atoms with Crippen LogP contribution in [-0.4, -0.2) is 38.8 Å². The Kier molecular flexibility index (Phi) is 8.72. The summed E-state index contributed by atoms with van der Waals surface area (Å²) in [7, 11) is 4.15. The normalized spacial score (nSPS) is 10.4. The maximum absolute atomic E-state index is 5.44. The van der Waals surface area contributed by atoms with Gasteiger partial charge in [0.05, 0.1) is 6.61 Å². The second-order valence-corrected chi connectivity index (χ2v) is 4.00. The molecule has 0 saturated carbocycles. The maximum atomic E-state index is 5.44. The van der Waals surface area contributed by atoms with Crippen LogP contribution < -0.4 is 0 Å². The van der Waals surface area contributed by atoms with E-state index in [0.717, 1.165) is 32.6 Å². The summed E-state index contributed by atoms with van der Waals surface area (Å²) >= 11 is 0. The highest BCUT2D eigenvalue weighted by molar-refractivity contribution is 5.00. The fourth-order valence-corrected chi connectivity index (χ4v) is 0.984. The summed E-state index contributed by atoms with van der Waals surface area (Å²) in [5.74, 6) is 6.69. The SMILES string of the molecule is CC(C)C#CCCOCCCN(C)C. The van der Waals surface area contributed by atoms with E-state index >= 15 is 0 Å². The molecule has 0 aliphatic heterocycles. The fraction of sp³-hybridized carbons (Fsp3) is 0.833. The predicted octanol–water partition coefficient (Wildman–Crippen LogP) is 2.00. The topological polar surface area (TPSA) is 12.5 Å². The molecule has 0 amide bonds. The third-order valence-corrected chi connectivity index (χ3v) is 1.66. The Morgan fingerprint density at radius 1 is 1.21 bits per heavy atom. The number of ether oxygens (including phenoxy) is 1. The van der Waals surface area contributed by atoms with Crippen LogP contribution in [-0.2, 0) is 4.74 Å². The molecule has 0 aromatic carbocycles. The molecule has 0 rings (SSSR count). The number of rotatable bonds is 6. The number of nitrogens with zero attached hydrogens (tertiary/aromatic N) is 1. The van der Waals surface area contributed by atoms with Gasteiger partial charge in [-0.15, -0.1) is 11.8 Å². The van der Waals surface area contributed by atoms with Gasteiger partial charge in [0.25, 0.3) is 0 Å². The molecule has 0 heterocycles. The average Bonchev–Trinajstić information content (AvgIpc) is 2.08. The van der Waals surface area contributed by atoms with Crippen LogP contribution in [0.25, 0.3) is 0 Å². The molecule has 0 aliphatic rings. The third-order valence-electron chi connectivity index (χ3n) is 1.66. The van der Waals surface area contributed by atoms with Crippen LogP contribution in [0.5, 0.6) is 0 Å². The highest BCUT2D eigenvalue weighted by Crippen LogP contribution is 1.89. The minimum absolute atomic E-state index is 0.476. The first-order valence-electron chi connectivity index (χ1n) is 5.33. The van der Waals surface area contributed by atoms with E-state index in [1.165, 1.54) is 0 Å². The van der Waals surface area contributed by atoms with Crippen molar-refractivity contribution in [2.45, 2.75) is 26.7 Å². The van der Waals surface area contributed by atoms with E-state index in [9.17, 15) is 0 Å². The van der Waals surface area contributed by atoms with Gasteiger partial charge in [-0.05, 0) is 27.1 Å². The van der Waals surface area contributed by atoms with Crippen LogP contribution in [0, 0.1) is 17.8 Å². The summed E-state index contributed by atoms with van der Waals surface area (Å²) in [6.07, 6.45) is 1.96. The molecular formula is C12H23NO. The molecule has 0 aromatic heterocycles. The zero-order valence-electron chi connectivity index (χ0n) is 9.97. The highest BCUT2D eigenvalue weighted by atomic mass is 16.5. The molecule has 0 spiro atoms. The second-order valence-electron chi connectivity index (χ2n) is 4.00. The van der Waals surface area contributed by atoms with E-state index in [4.69, 9.17) is 4.74 Å². The van der Waals surface area contributed by atoms with Gasteiger partial charge in [0.15, 0.2) is 0 Å². The average molecular weight is 197 g/mol. The standard InChI is InChI=1S/C12H23NO/c1-12(2)8-5-6-10-14-11-7-9-13(3)4/h12H,6-7,9-11H2,1-4H3. The Morgan fingerprint density at radius 2 is 1.93 bits per heavy atom. The summed E-state index contributed by atoms with van der Waals surface area (Å²) in [4.78, 5) is 2.17. The Hall–Kier alpha value is -0.520. The molecule has 2 heteroatoms. The van der Waals surface area contributed by atoms with Gasteiger partial charge in [0.1, 0.15) is 0 Å². The van der Waals surface area contributed by atoms with Crippen LogP contribution in [0.2, 0.25) is 0 Å². The lowest BCUT2D eigenvalue weighted by Crippen LogP contribution is -2.14. The van der Waals surface area contributed by atoms with E-state index in [1.807, 2.05) is 0 Å². The Balaban J connectivity index is 3.11. The summed E-state index contributed by atoms with van der Waals surface area (Å²) < 4.78 is 5.44. The quantitative estimate of drug-likeness (QED) is 0.477. The van der Waals surface area contributed by atoms with E-state index in [-0.39, 0.29) is 0 Å². The molecule has 0 N–H and O–H groups in total. The van der Waals surface area contributed by atoms with Gasteiger partial charge in [0, 0.05) is 18.9 Å². The van der Waals surface area contributed by atoms with Crippen molar-refractivity contribution >= 4 is 0 Å². The van der Waals surface area contributed by atoms with Crippen molar-refractivity contribution in [3.63, 3.8) is 0 Å². The molecule has 0 bridgehead atoms. The van der Waals surface area contributed by atoms with E-state index in [2.05, 4.69) is 44.7 Å². The van der Waals surface area contributed by atoms with Crippen molar-refractivity contribution in [3.8, 4) is 11.8 Å². The number of hydrogen-bond donors (Lipinski definition) is 0. The molecule has 0 unspecified atom stereocenters. The van der Waals surface area contributed by atoms with Crippen LogP contribution in [0.1, 0.15) is 26.7 Å². The summed E-state index contributed by atoms with van der Waals surface area (Å²) in [5.41, 5.74) is 0. The van der Waals surface area contributed by atoms with Gasteiger partial charge in [-0.25, -0.2) is 0 Å². The van der Waals surface area contributed by atoms with E-state index < -0.39 is 0 Å². The predicted molar refractivity (Wildman–Crippen MR) is 61.2 cm³/mol. The molecule has 0 saturated heterocycles. The molecule has 0 atom stereocenters. The smallest absolute Gasteiger partial charge is 0.0575 e. The first-order chi connectivity index (χ1) is 6.63. The van der Waals surface area contributed by atoms with Crippen molar-refractivity contribution in [1.29, 1.82) is 0 Å². The zero-order chi connectivity index (χ0) is 10.8. The Morgan fingerprint density at radius 3 is 2.50 bits per heavy atom. The van der Waals surface area contributed by atoms with Crippen LogP contribution >= 0.6 is 0 Å². The van der Waals surface area contributed by atoms with Gasteiger partial charge < -0.3 is 9.64 Å². The minimum Gasteiger partial charge on any atom is -0.380 e. The lowest BCUT2D eigenvalue weighted by molar-refractivity contribution is 0.131. The number of hydrogen-bond acceptors (Lipinski definition) is 2. The molecule has 0 radical (unpaired) electrons. The molecule has 82 valence electrons. The Labute approximate surface area is 88.6 Å². The highest BCUT2D eigenvalue weighted by Gasteiger charge is 1.90. The minimum atomic E-state index is 0.476. The third kappa shape index (κ3) is 11.5. The van der Waals surface area contributed by atoms with Gasteiger partial charge in [-0.2, -0.15) is 0 Å². The van der Waals surface area contributed by atoms with Gasteiger partial charge in [-0.1, -0.05) is 13.8 Å². The van der Waals surface area contributed by atoms with Crippen LogP contribution in [0.4, 0.5) is 0 Å². The molecule has 0 fully saturated rings. The zero-order valence-corrected chi connectivity index (χ0v) is 9.97. The monoisotopic (exact) mass is 197 g/mol.